The summed E-state index contributed by atoms with van der Waals surface area (Å²) in [5.41, 5.74) is 7.92. The number of aryl methyl sites for hydroxylation is 2. The number of rotatable bonds is 5. The SMILES string of the molecule is Cc1ccnn1CCCC(=O)Nc1cc(Cl)ccc1N. The molecule has 1 amide bonds. The zero-order chi connectivity index (χ0) is 14.5. The van der Waals surface area contributed by atoms with E-state index >= 15 is 0 Å². The molecule has 20 heavy (non-hydrogen) atoms. The minimum absolute atomic E-state index is 0.0798. The van der Waals surface area contributed by atoms with Gasteiger partial charge < -0.3 is 11.1 Å². The van der Waals surface area contributed by atoms with Crippen LogP contribution in [0.3, 0.4) is 0 Å². The monoisotopic (exact) mass is 292 g/mol. The van der Waals surface area contributed by atoms with Crippen LogP contribution in [0.5, 0.6) is 0 Å². The van der Waals surface area contributed by atoms with E-state index in [2.05, 4.69) is 10.4 Å². The van der Waals surface area contributed by atoms with Gasteiger partial charge in [-0.15, -0.1) is 0 Å². The summed E-state index contributed by atoms with van der Waals surface area (Å²) < 4.78 is 1.88. The zero-order valence-corrected chi connectivity index (χ0v) is 12.0. The number of carbonyl (C=O) groups is 1. The van der Waals surface area contributed by atoms with Crippen molar-refractivity contribution in [3.05, 3.63) is 41.2 Å². The molecule has 2 rings (SSSR count). The predicted molar refractivity (Wildman–Crippen MR) is 80.7 cm³/mol. The van der Waals surface area contributed by atoms with Crippen molar-refractivity contribution in [2.24, 2.45) is 0 Å². The Morgan fingerprint density at radius 2 is 2.25 bits per heavy atom. The summed E-state index contributed by atoms with van der Waals surface area (Å²) in [7, 11) is 0. The van der Waals surface area contributed by atoms with Gasteiger partial charge in [-0.05, 0) is 37.6 Å². The molecular weight excluding hydrogens is 276 g/mol. The molecule has 0 aliphatic rings. The highest BCUT2D eigenvalue weighted by molar-refractivity contribution is 6.31. The topological polar surface area (TPSA) is 72.9 Å². The second-order valence-corrected chi connectivity index (χ2v) is 5.02. The Bertz CT molecular complexity index is 609. The van der Waals surface area contributed by atoms with E-state index in [0.717, 1.165) is 18.7 Å². The Morgan fingerprint density at radius 1 is 1.45 bits per heavy atom. The van der Waals surface area contributed by atoms with Crippen molar-refractivity contribution >= 4 is 28.9 Å². The van der Waals surface area contributed by atoms with Crippen molar-refractivity contribution < 1.29 is 4.79 Å². The molecule has 1 aromatic carbocycles. The predicted octanol–water partition coefficient (Wildman–Crippen LogP) is 2.85. The second kappa shape index (κ2) is 6.43. The molecule has 1 heterocycles. The van der Waals surface area contributed by atoms with Crippen molar-refractivity contribution in [3.8, 4) is 0 Å². The van der Waals surface area contributed by atoms with Gasteiger partial charge in [0.2, 0.25) is 5.91 Å². The lowest BCUT2D eigenvalue weighted by molar-refractivity contribution is -0.116. The summed E-state index contributed by atoms with van der Waals surface area (Å²) in [6, 6.07) is 6.94. The van der Waals surface area contributed by atoms with Gasteiger partial charge in [0.1, 0.15) is 0 Å². The lowest BCUT2D eigenvalue weighted by Gasteiger charge is -2.09. The van der Waals surface area contributed by atoms with E-state index in [0.29, 0.717) is 22.8 Å². The summed E-state index contributed by atoms with van der Waals surface area (Å²) in [5, 5.41) is 7.48. The number of hydrogen-bond acceptors (Lipinski definition) is 3. The van der Waals surface area contributed by atoms with Gasteiger partial charge in [-0.3, -0.25) is 9.48 Å². The highest BCUT2D eigenvalue weighted by Crippen LogP contribution is 2.23. The minimum Gasteiger partial charge on any atom is -0.397 e. The number of carbonyl (C=O) groups excluding carboxylic acids is 1. The number of anilines is 2. The number of hydrogen-bond donors (Lipinski definition) is 2. The number of aromatic nitrogens is 2. The van der Waals surface area contributed by atoms with Crippen LogP contribution in [-0.2, 0) is 11.3 Å². The van der Waals surface area contributed by atoms with Crippen molar-refractivity contribution in [2.45, 2.75) is 26.3 Å². The highest BCUT2D eigenvalue weighted by atomic mass is 35.5. The Labute approximate surface area is 122 Å². The molecular formula is C14H17ClN4O. The van der Waals surface area contributed by atoms with E-state index in [1.54, 1.807) is 24.4 Å². The molecule has 2 aromatic rings. The smallest absolute Gasteiger partial charge is 0.224 e. The summed E-state index contributed by atoms with van der Waals surface area (Å²) in [5.74, 6) is -0.0798. The van der Waals surface area contributed by atoms with Crippen LogP contribution in [0.1, 0.15) is 18.5 Å². The lowest BCUT2D eigenvalue weighted by Crippen LogP contribution is -2.14. The Morgan fingerprint density at radius 3 is 2.95 bits per heavy atom. The molecule has 3 N–H and O–H groups in total. The number of benzene rings is 1. The first-order valence-corrected chi connectivity index (χ1v) is 6.77. The van der Waals surface area contributed by atoms with Gasteiger partial charge in [-0.1, -0.05) is 11.6 Å². The molecule has 0 unspecified atom stereocenters. The standard InChI is InChI=1S/C14H17ClN4O/c1-10-6-7-17-19(10)8-2-3-14(20)18-13-9-11(15)4-5-12(13)16/h4-7,9H,2-3,8,16H2,1H3,(H,18,20). The first kappa shape index (κ1) is 14.4. The van der Waals surface area contributed by atoms with Crippen molar-refractivity contribution in [2.75, 3.05) is 11.1 Å². The molecule has 0 radical (unpaired) electrons. The Balaban J connectivity index is 1.84. The average molecular weight is 293 g/mol. The number of nitrogens with one attached hydrogen (secondary N) is 1. The summed E-state index contributed by atoms with van der Waals surface area (Å²) in [4.78, 5) is 11.8. The van der Waals surface area contributed by atoms with E-state index in [1.807, 2.05) is 17.7 Å². The van der Waals surface area contributed by atoms with E-state index < -0.39 is 0 Å². The molecule has 0 atom stereocenters. The second-order valence-electron chi connectivity index (χ2n) is 4.58. The van der Waals surface area contributed by atoms with Crippen LogP contribution in [0.2, 0.25) is 5.02 Å². The number of nitrogens with two attached hydrogens (primary N) is 1. The fourth-order valence-electron chi connectivity index (χ4n) is 1.87. The molecule has 0 bridgehead atoms. The third-order valence-corrected chi connectivity index (χ3v) is 3.23. The van der Waals surface area contributed by atoms with Crippen molar-refractivity contribution in [3.63, 3.8) is 0 Å². The van der Waals surface area contributed by atoms with Gasteiger partial charge in [-0.2, -0.15) is 5.10 Å². The van der Waals surface area contributed by atoms with E-state index in [-0.39, 0.29) is 5.91 Å². The number of nitrogens with zero attached hydrogens (tertiary/aromatic N) is 2. The first-order chi connectivity index (χ1) is 9.56. The first-order valence-electron chi connectivity index (χ1n) is 6.39. The Kier molecular flexibility index (Phi) is 4.63. The van der Waals surface area contributed by atoms with Crippen molar-refractivity contribution in [1.29, 1.82) is 0 Å². The third-order valence-electron chi connectivity index (χ3n) is 2.99. The highest BCUT2D eigenvalue weighted by Gasteiger charge is 2.06. The maximum atomic E-state index is 11.8. The number of halogens is 1. The molecule has 106 valence electrons. The summed E-state index contributed by atoms with van der Waals surface area (Å²) in [6.07, 6.45) is 2.88. The van der Waals surface area contributed by atoms with Crippen LogP contribution in [0.25, 0.3) is 0 Å². The van der Waals surface area contributed by atoms with E-state index in [1.165, 1.54) is 0 Å². The largest absolute Gasteiger partial charge is 0.397 e. The fraction of sp³-hybridized carbons (Fsp3) is 0.286. The quantitative estimate of drug-likeness (QED) is 0.832. The average Bonchev–Trinajstić information content (AvgIpc) is 2.80. The van der Waals surface area contributed by atoms with Gasteiger partial charge in [0.25, 0.3) is 0 Å². The van der Waals surface area contributed by atoms with E-state index in [4.69, 9.17) is 17.3 Å². The van der Waals surface area contributed by atoms with Crippen LogP contribution in [0, 0.1) is 6.92 Å². The molecule has 1 aromatic heterocycles. The Hall–Kier alpha value is -2.01. The maximum absolute atomic E-state index is 11.8. The molecule has 6 heteroatoms. The van der Waals surface area contributed by atoms with Gasteiger partial charge in [0, 0.05) is 29.9 Å². The third kappa shape index (κ3) is 3.74. The number of amides is 1. The molecule has 0 saturated heterocycles. The van der Waals surface area contributed by atoms with Gasteiger partial charge in [-0.25, -0.2) is 0 Å². The van der Waals surface area contributed by atoms with Crippen LogP contribution in [-0.4, -0.2) is 15.7 Å². The molecule has 0 saturated carbocycles. The number of nitrogen functional groups attached to an aromatic ring is 1. The summed E-state index contributed by atoms with van der Waals surface area (Å²) in [6.45, 7) is 2.71. The zero-order valence-electron chi connectivity index (χ0n) is 11.3. The maximum Gasteiger partial charge on any atom is 0.224 e. The van der Waals surface area contributed by atoms with Gasteiger partial charge >= 0.3 is 0 Å². The van der Waals surface area contributed by atoms with Crippen LogP contribution < -0.4 is 11.1 Å². The van der Waals surface area contributed by atoms with Crippen LogP contribution in [0.15, 0.2) is 30.5 Å². The normalized spacial score (nSPS) is 10.5. The minimum atomic E-state index is -0.0798. The molecule has 5 nitrogen and oxygen atoms in total. The van der Waals surface area contributed by atoms with Crippen LogP contribution >= 0.6 is 11.6 Å². The van der Waals surface area contributed by atoms with Gasteiger partial charge in [0.05, 0.1) is 11.4 Å². The van der Waals surface area contributed by atoms with Crippen molar-refractivity contribution in [1.82, 2.24) is 9.78 Å². The molecule has 0 aliphatic carbocycles. The van der Waals surface area contributed by atoms with E-state index in [9.17, 15) is 4.79 Å². The lowest BCUT2D eigenvalue weighted by atomic mass is 10.2. The summed E-state index contributed by atoms with van der Waals surface area (Å²) >= 11 is 5.87. The molecule has 0 aliphatic heterocycles. The molecule has 0 spiro atoms. The fourth-order valence-corrected chi connectivity index (χ4v) is 2.04. The molecule has 0 fully saturated rings. The van der Waals surface area contributed by atoms with Crippen LogP contribution in [0.4, 0.5) is 11.4 Å². The van der Waals surface area contributed by atoms with Gasteiger partial charge in [0.15, 0.2) is 0 Å².